The van der Waals surface area contributed by atoms with Crippen molar-refractivity contribution in [3.05, 3.63) is 0 Å². The highest BCUT2D eigenvalue weighted by molar-refractivity contribution is 5.69. The van der Waals surface area contributed by atoms with Crippen LogP contribution < -0.4 is 10.6 Å². The van der Waals surface area contributed by atoms with Gasteiger partial charge in [0.25, 0.3) is 0 Å². The molecule has 2 fully saturated rings. The molecular weight excluding hydrogens is 216 g/mol. The predicted molar refractivity (Wildman–Crippen MR) is 66.9 cm³/mol. The molecule has 0 radical (unpaired) electrons. The SMILES string of the molecule is CC(C)(C)OC(=O)NC1(CC2CNC2)CCC1. The monoisotopic (exact) mass is 240 g/mol. The van der Waals surface area contributed by atoms with Gasteiger partial charge in [0.2, 0.25) is 0 Å². The van der Waals surface area contributed by atoms with Gasteiger partial charge >= 0.3 is 6.09 Å². The summed E-state index contributed by atoms with van der Waals surface area (Å²) in [6, 6.07) is 0. The van der Waals surface area contributed by atoms with E-state index in [0.717, 1.165) is 38.3 Å². The normalized spacial score (nSPS) is 23.5. The summed E-state index contributed by atoms with van der Waals surface area (Å²) in [5.74, 6) is 0.727. The Morgan fingerprint density at radius 1 is 1.41 bits per heavy atom. The first-order valence-electron chi connectivity index (χ1n) is 6.60. The molecule has 1 saturated carbocycles. The number of carbonyl (C=O) groups excluding carboxylic acids is 1. The molecule has 0 unspecified atom stereocenters. The van der Waals surface area contributed by atoms with E-state index in [-0.39, 0.29) is 11.6 Å². The summed E-state index contributed by atoms with van der Waals surface area (Å²) in [4.78, 5) is 11.8. The third kappa shape index (κ3) is 3.35. The van der Waals surface area contributed by atoms with Gasteiger partial charge in [-0.2, -0.15) is 0 Å². The Hall–Kier alpha value is -0.770. The highest BCUT2D eigenvalue weighted by Crippen LogP contribution is 2.38. The van der Waals surface area contributed by atoms with Crippen LogP contribution in [0.5, 0.6) is 0 Å². The van der Waals surface area contributed by atoms with Gasteiger partial charge in [-0.3, -0.25) is 0 Å². The molecule has 0 spiro atoms. The lowest BCUT2D eigenvalue weighted by Gasteiger charge is -2.46. The van der Waals surface area contributed by atoms with Crippen LogP contribution in [0.4, 0.5) is 4.79 Å². The maximum atomic E-state index is 11.8. The Balaban J connectivity index is 1.83. The number of hydrogen-bond donors (Lipinski definition) is 2. The Morgan fingerprint density at radius 3 is 2.41 bits per heavy atom. The molecule has 0 atom stereocenters. The van der Waals surface area contributed by atoms with Gasteiger partial charge in [-0.1, -0.05) is 0 Å². The number of carbonyl (C=O) groups is 1. The predicted octanol–water partition coefficient (Wildman–Crippen LogP) is 2.04. The van der Waals surface area contributed by atoms with E-state index < -0.39 is 5.60 Å². The Morgan fingerprint density at radius 2 is 2.06 bits per heavy atom. The first kappa shape index (κ1) is 12.7. The second-order valence-corrected chi connectivity index (χ2v) is 6.49. The molecule has 0 aromatic carbocycles. The lowest BCUT2D eigenvalue weighted by molar-refractivity contribution is 0.0328. The van der Waals surface area contributed by atoms with Gasteiger partial charge in [-0.15, -0.1) is 0 Å². The average molecular weight is 240 g/mol. The second-order valence-electron chi connectivity index (χ2n) is 6.49. The number of ether oxygens (including phenoxy) is 1. The number of alkyl carbamates (subject to hydrolysis) is 1. The minimum absolute atomic E-state index is 0.0229. The molecule has 1 amide bonds. The number of amides is 1. The van der Waals surface area contributed by atoms with Crippen molar-refractivity contribution in [3.8, 4) is 0 Å². The van der Waals surface area contributed by atoms with Crippen molar-refractivity contribution in [2.24, 2.45) is 5.92 Å². The molecule has 4 heteroatoms. The fourth-order valence-corrected chi connectivity index (χ4v) is 2.55. The maximum absolute atomic E-state index is 11.8. The molecule has 2 N–H and O–H groups in total. The summed E-state index contributed by atoms with van der Waals surface area (Å²) in [5.41, 5.74) is -0.387. The third-order valence-corrected chi connectivity index (χ3v) is 3.62. The van der Waals surface area contributed by atoms with Crippen LogP contribution in [0.25, 0.3) is 0 Å². The van der Waals surface area contributed by atoms with E-state index in [0.29, 0.717) is 0 Å². The minimum Gasteiger partial charge on any atom is -0.444 e. The summed E-state index contributed by atoms with van der Waals surface area (Å²) in [7, 11) is 0. The van der Waals surface area contributed by atoms with Gasteiger partial charge in [-0.25, -0.2) is 4.79 Å². The van der Waals surface area contributed by atoms with Crippen molar-refractivity contribution in [1.82, 2.24) is 10.6 Å². The molecular formula is C13H24N2O2. The van der Waals surface area contributed by atoms with Crippen molar-refractivity contribution < 1.29 is 9.53 Å². The van der Waals surface area contributed by atoms with E-state index in [1.165, 1.54) is 6.42 Å². The van der Waals surface area contributed by atoms with Crippen LogP contribution in [0.2, 0.25) is 0 Å². The molecule has 1 heterocycles. The Labute approximate surface area is 103 Å². The van der Waals surface area contributed by atoms with Crippen molar-refractivity contribution in [1.29, 1.82) is 0 Å². The van der Waals surface area contributed by atoms with Gasteiger partial charge in [0.15, 0.2) is 0 Å². The molecule has 1 saturated heterocycles. The van der Waals surface area contributed by atoms with Gasteiger partial charge in [0.1, 0.15) is 5.60 Å². The number of rotatable bonds is 3. The number of nitrogens with one attached hydrogen (secondary N) is 2. The Kier molecular flexibility index (Phi) is 3.34. The fraction of sp³-hybridized carbons (Fsp3) is 0.923. The third-order valence-electron chi connectivity index (χ3n) is 3.62. The van der Waals surface area contributed by atoms with Gasteiger partial charge < -0.3 is 15.4 Å². The molecule has 0 aromatic heterocycles. The highest BCUT2D eigenvalue weighted by Gasteiger charge is 2.42. The van der Waals surface area contributed by atoms with Gasteiger partial charge in [0.05, 0.1) is 0 Å². The topological polar surface area (TPSA) is 50.4 Å². The largest absolute Gasteiger partial charge is 0.444 e. The zero-order chi connectivity index (χ0) is 12.5. The van der Waals surface area contributed by atoms with E-state index in [1.54, 1.807) is 0 Å². The number of hydrogen-bond acceptors (Lipinski definition) is 3. The zero-order valence-corrected chi connectivity index (χ0v) is 11.1. The lowest BCUT2D eigenvalue weighted by Crippen LogP contribution is -2.58. The van der Waals surface area contributed by atoms with E-state index in [9.17, 15) is 4.79 Å². The van der Waals surface area contributed by atoms with Crippen molar-refractivity contribution in [2.75, 3.05) is 13.1 Å². The summed E-state index contributed by atoms with van der Waals surface area (Å²) in [6.45, 7) is 7.89. The zero-order valence-electron chi connectivity index (χ0n) is 11.1. The van der Waals surface area contributed by atoms with Gasteiger partial charge in [0, 0.05) is 5.54 Å². The van der Waals surface area contributed by atoms with E-state index >= 15 is 0 Å². The molecule has 1 aliphatic heterocycles. The molecule has 4 nitrogen and oxygen atoms in total. The lowest BCUT2D eigenvalue weighted by atomic mass is 9.70. The Bertz CT molecular complexity index is 288. The molecule has 0 bridgehead atoms. The van der Waals surface area contributed by atoms with Crippen LogP contribution in [-0.4, -0.2) is 30.3 Å². The highest BCUT2D eigenvalue weighted by atomic mass is 16.6. The first-order valence-corrected chi connectivity index (χ1v) is 6.60. The first-order chi connectivity index (χ1) is 7.89. The van der Waals surface area contributed by atoms with Crippen LogP contribution in [0, 0.1) is 5.92 Å². The standard InChI is InChI=1S/C13H24N2O2/c1-12(2,3)17-11(16)15-13(5-4-6-13)7-10-8-14-9-10/h10,14H,4-9H2,1-3H3,(H,15,16). The summed E-state index contributed by atoms with van der Waals surface area (Å²) < 4.78 is 5.34. The molecule has 0 aromatic rings. The minimum atomic E-state index is -0.410. The van der Waals surface area contributed by atoms with Gasteiger partial charge in [-0.05, 0) is 65.5 Å². The molecule has 98 valence electrons. The molecule has 17 heavy (non-hydrogen) atoms. The molecule has 2 rings (SSSR count). The summed E-state index contributed by atoms with van der Waals surface area (Å²) in [5, 5.41) is 6.38. The van der Waals surface area contributed by atoms with Crippen molar-refractivity contribution in [2.45, 2.75) is 57.6 Å². The van der Waals surface area contributed by atoms with Crippen LogP contribution in [0.1, 0.15) is 46.5 Å². The van der Waals surface area contributed by atoms with Crippen LogP contribution in [0.3, 0.4) is 0 Å². The maximum Gasteiger partial charge on any atom is 0.408 e. The van der Waals surface area contributed by atoms with E-state index in [2.05, 4.69) is 10.6 Å². The van der Waals surface area contributed by atoms with E-state index in [1.807, 2.05) is 20.8 Å². The smallest absolute Gasteiger partial charge is 0.408 e. The van der Waals surface area contributed by atoms with Crippen LogP contribution >= 0.6 is 0 Å². The van der Waals surface area contributed by atoms with Crippen LogP contribution in [0.15, 0.2) is 0 Å². The fourth-order valence-electron chi connectivity index (χ4n) is 2.55. The average Bonchev–Trinajstić information content (AvgIpc) is 2.02. The summed E-state index contributed by atoms with van der Waals surface area (Å²) >= 11 is 0. The van der Waals surface area contributed by atoms with Crippen LogP contribution in [-0.2, 0) is 4.74 Å². The van der Waals surface area contributed by atoms with Crippen molar-refractivity contribution >= 4 is 6.09 Å². The second kappa shape index (κ2) is 4.48. The van der Waals surface area contributed by atoms with Crippen molar-refractivity contribution in [3.63, 3.8) is 0 Å². The molecule has 1 aliphatic carbocycles. The quantitative estimate of drug-likeness (QED) is 0.793. The molecule has 2 aliphatic rings. The summed E-state index contributed by atoms with van der Waals surface area (Å²) in [6.07, 6.45) is 4.25. The van der Waals surface area contributed by atoms with E-state index in [4.69, 9.17) is 4.74 Å².